The molecule has 30 heavy (non-hydrogen) atoms. The molecule has 0 aromatic heterocycles. The fraction of sp³-hybridized carbons (Fsp3) is 1.00. The zero-order valence-electron chi connectivity index (χ0n) is 21.5. The van der Waals surface area contributed by atoms with E-state index < -0.39 is 0 Å². The quantitative estimate of drug-likeness (QED) is 0.655. The molecule has 0 saturated heterocycles. The molecular formula is C26H56O4. The first-order valence-corrected chi connectivity index (χ1v) is 12.0. The summed E-state index contributed by atoms with van der Waals surface area (Å²) in [5.41, 5.74) is 0.309. The highest BCUT2D eigenvalue weighted by Gasteiger charge is 2.49. The van der Waals surface area contributed by atoms with Gasteiger partial charge >= 0.3 is 0 Å². The molecule has 6 N–H and O–H groups in total. The maximum absolute atomic E-state index is 10.8. The Morgan fingerprint density at radius 2 is 0.967 bits per heavy atom. The smallest absolute Gasteiger partial charge is 0.0576 e. The summed E-state index contributed by atoms with van der Waals surface area (Å²) in [6.45, 7) is 23.4. The van der Waals surface area contributed by atoms with Crippen LogP contribution in [-0.4, -0.2) is 33.4 Å². The van der Waals surface area contributed by atoms with Crippen LogP contribution in [0.1, 0.15) is 96.3 Å². The van der Waals surface area contributed by atoms with Crippen LogP contribution >= 0.6 is 0 Å². The van der Waals surface area contributed by atoms with Crippen molar-refractivity contribution in [3.63, 3.8) is 0 Å². The lowest BCUT2D eigenvalue weighted by Gasteiger charge is -2.53. The maximum atomic E-state index is 10.8. The molecule has 4 heteroatoms. The van der Waals surface area contributed by atoms with E-state index in [-0.39, 0.29) is 35.4 Å². The van der Waals surface area contributed by atoms with Gasteiger partial charge in [-0.3, -0.25) is 0 Å². The lowest BCUT2D eigenvalue weighted by molar-refractivity contribution is -0.0903. The number of hydrogen-bond acceptors (Lipinski definition) is 2. The summed E-state index contributed by atoms with van der Waals surface area (Å²) in [4.78, 5) is 0. The molecule has 0 amide bonds. The Hall–Kier alpha value is -0.160. The normalized spacial score (nSPS) is 39.1. The van der Waals surface area contributed by atoms with Crippen LogP contribution in [0.4, 0.5) is 0 Å². The molecule has 0 spiro atoms. The van der Waals surface area contributed by atoms with Crippen LogP contribution in [0.25, 0.3) is 0 Å². The zero-order valence-corrected chi connectivity index (χ0v) is 21.5. The molecule has 8 unspecified atom stereocenters. The average molecular weight is 433 g/mol. The number of aliphatic hydroxyl groups is 2. The second-order valence-electron chi connectivity index (χ2n) is 13.1. The van der Waals surface area contributed by atoms with Crippen LogP contribution in [0.15, 0.2) is 0 Å². The molecule has 0 bridgehead atoms. The summed E-state index contributed by atoms with van der Waals surface area (Å²) in [6.07, 6.45) is 3.88. The topological polar surface area (TPSA) is 103 Å². The van der Waals surface area contributed by atoms with Gasteiger partial charge in [0.15, 0.2) is 0 Å². The van der Waals surface area contributed by atoms with Gasteiger partial charge in [-0.15, -0.1) is 0 Å². The standard InChI is InChI=1S/C26H50O2.2H2O.H2/c1-15(2)24(18-13-20(25(5,6)7)22(27)11-16(18)3)19-14-21(26(8,9)10)23(28)12-17(19)4;;;/h15-24,27-28H,11-14H2,1-10H3;2*1H2;1H. The van der Waals surface area contributed by atoms with Gasteiger partial charge in [0, 0.05) is 1.43 Å². The SMILES string of the molecule is CC(C)C(C1CC(C(C)(C)C)C(O)CC1C)C1CC(C(C)(C)C)C(O)CC1C.O.O.[HH]. The third kappa shape index (κ3) is 6.43. The zero-order chi connectivity index (χ0) is 21.6. The predicted molar refractivity (Wildman–Crippen MR) is 129 cm³/mol. The molecule has 0 heterocycles. The van der Waals surface area contributed by atoms with Crippen molar-refractivity contribution in [2.45, 2.75) is 107 Å². The molecule has 0 aliphatic heterocycles. The van der Waals surface area contributed by atoms with Crippen LogP contribution in [-0.2, 0) is 0 Å². The van der Waals surface area contributed by atoms with Crippen molar-refractivity contribution >= 4 is 0 Å². The van der Waals surface area contributed by atoms with Gasteiger partial charge in [-0.1, -0.05) is 69.2 Å². The minimum absolute atomic E-state index is 0. The van der Waals surface area contributed by atoms with E-state index in [4.69, 9.17) is 0 Å². The Balaban J connectivity index is 0. The van der Waals surface area contributed by atoms with E-state index in [1.807, 2.05) is 0 Å². The second kappa shape index (κ2) is 10.6. The Kier molecular flexibility index (Phi) is 10.6. The molecule has 2 aliphatic rings. The van der Waals surface area contributed by atoms with Gasteiger partial charge in [-0.05, 0) is 83.9 Å². The van der Waals surface area contributed by atoms with Gasteiger partial charge in [-0.2, -0.15) is 0 Å². The third-order valence-corrected chi connectivity index (χ3v) is 8.65. The van der Waals surface area contributed by atoms with Crippen molar-refractivity contribution in [1.29, 1.82) is 0 Å². The molecule has 2 fully saturated rings. The van der Waals surface area contributed by atoms with Gasteiger partial charge in [0.1, 0.15) is 0 Å². The summed E-state index contributed by atoms with van der Waals surface area (Å²) in [5, 5.41) is 21.7. The molecule has 0 radical (unpaired) electrons. The van der Waals surface area contributed by atoms with Crippen molar-refractivity contribution in [2.24, 2.45) is 58.2 Å². The molecule has 2 aliphatic carbocycles. The van der Waals surface area contributed by atoms with Crippen LogP contribution in [0, 0.1) is 58.2 Å². The van der Waals surface area contributed by atoms with Gasteiger partial charge in [-0.25, -0.2) is 0 Å². The Labute approximate surface area is 188 Å². The first kappa shape index (κ1) is 29.8. The molecule has 184 valence electrons. The molecule has 4 nitrogen and oxygen atoms in total. The van der Waals surface area contributed by atoms with E-state index in [0.717, 1.165) is 25.7 Å². The number of aliphatic hydroxyl groups excluding tert-OH is 2. The van der Waals surface area contributed by atoms with Gasteiger partial charge in [0.25, 0.3) is 0 Å². The summed E-state index contributed by atoms with van der Waals surface area (Å²) in [7, 11) is 0. The van der Waals surface area contributed by atoms with E-state index in [1.54, 1.807) is 0 Å². The van der Waals surface area contributed by atoms with Crippen molar-refractivity contribution in [3.05, 3.63) is 0 Å². The molecule has 2 saturated carbocycles. The van der Waals surface area contributed by atoms with Crippen LogP contribution in [0.3, 0.4) is 0 Å². The summed E-state index contributed by atoms with van der Waals surface area (Å²) < 4.78 is 0. The fourth-order valence-corrected chi connectivity index (χ4v) is 7.05. The minimum atomic E-state index is -0.160. The number of rotatable bonds is 3. The monoisotopic (exact) mass is 432 g/mol. The summed E-state index contributed by atoms with van der Waals surface area (Å²) >= 11 is 0. The summed E-state index contributed by atoms with van der Waals surface area (Å²) in [6, 6.07) is 0. The lowest BCUT2D eigenvalue weighted by atomic mass is 9.53. The van der Waals surface area contributed by atoms with Crippen LogP contribution in [0.5, 0.6) is 0 Å². The summed E-state index contributed by atoms with van der Waals surface area (Å²) in [5.74, 6) is 4.61. The minimum Gasteiger partial charge on any atom is -0.412 e. The fourth-order valence-electron chi connectivity index (χ4n) is 7.05. The third-order valence-electron chi connectivity index (χ3n) is 8.65. The van der Waals surface area contributed by atoms with Crippen molar-refractivity contribution in [3.8, 4) is 0 Å². The Bertz CT molecular complexity index is 469. The second-order valence-corrected chi connectivity index (χ2v) is 13.1. The molecule has 8 atom stereocenters. The molecule has 0 aromatic carbocycles. The Morgan fingerprint density at radius 3 is 1.20 bits per heavy atom. The van der Waals surface area contributed by atoms with Crippen molar-refractivity contribution in [1.82, 2.24) is 0 Å². The van der Waals surface area contributed by atoms with E-state index >= 15 is 0 Å². The van der Waals surface area contributed by atoms with Gasteiger partial charge in [0.2, 0.25) is 0 Å². The van der Waals surface area contributed by atoms with E-state index in [0.29, 0.717) is 47.3 Å². The molecular weight excluding hydrogens is 376 g/mol. The van der Waals surface area contributed by atoms with Crippen molar-refractivity contribution in [2.75, 3.05) is 0 Å². The van der Waals surface area contributed by atoms with Gasteiger partial charge in [0.05, 0.1) is 12.2 Å². The first-order chi connectivity index (χ1) is 12.6. The average Bonchev–Trinajstić information content (AvgIpc) is 2.48. The predicted octanol–water partition coefficient (Wildman–Crippen LogP) is 4.99. The highest BCUT2D eigenvalue weighted by molar-refractivity contribution is 4.98. The highest BCUT2D eigenvalue weighted by atomic mass is 16.3. The van der Waals surface area contributed by atoms with E-state index in [1.165, 1.54) is 0 Å². The lowest BCUT2D eigenvalue weighted by Crippen LogP contribution is -2.49. The maximum Gasteiger partial charge on any atom is 0.0576 e. The largest absolute Gasteiger partial charge is 0.412 e. The van der Waals surface area contributed by atoms with Crippen molar-refractivity contribution < 1.29 is 22.6 Å². The number of hydrogen-bond donors (Lipinski definition) is 2. The highest BCUT2D eigenvalue weighted by Crippen LogP contribution is 2.53. The Morgan fingerprint density at radius 1 is 0.667 bits per heavy atom. The first-order valence-electron chi connectivity index (χ1n) is 12.0. The molecule has 0 aromatic rings. The van der Waals surface area contributed by atoms with E-state index in [9.17, 15) is 10.2 Å². The van der Waals surface area contributed by atoms with Crippen LogP contribution in [0.2, 0.25) is 0 Å². The van der Waals surface area contributed by atoms with E-state index in [2.05, 4.69) is 69.2 Å². The molecule has 2 rings (SSSR count). The van der Waals surface area contributed by atoms with Crippen LogP contribution < -0.4 is 0 Å². The van der Waals surface area contributed by atoms with Gasteiger partial charge < -0.3 is 21.2 Å².